The fraction of sp³-hybridized carbons (Fsp3) is 0.353. The second kappa shape index (κ2) is 7.54. The van der Waals surface area contributed by atoms with Crippen molar-refractivity contribution in [3.63, 3.8) is 0 Å². The fourth-order valence-corrected chi connectivity index (χ4v) is 1.93. The molecular weight excluding hydrogens is 280 g/mol. The van der Waals surface area contributed by atoms with Crippen molar-refractivity contribution in [2.45, 2.75) is 26.4 Å². The van der Waals surface area contributed by atoms with E-state index in [1.165, 1.54) is 5.56 Å². The molecule has 0 spiro atoms. The zero-order valence-corrected chi connectivity index (χ0v) is 13.2. The maximum absolute atomic E-state index is 12.1. The van der Waals surface area contributed by atoms with Crippen molar-refractivity contribution in [3.8, 4) is 5.75 Å². The molecule has 1 aromatic heterocycles. The van der Waals surface area contributed by atoms with Crippen molar-refractivity contribution in [2.24, 2.45) is 0 Å². The highest BCUT2D eigenvalue weighted by molar-refractivity contribution is 5.74. The lowest BCUT2D eigenvalue weighted by Gasteiger charge is -2.20. The maximum Gasteiger partial charge on any atom is 0.317 e. The predicted octanol–water partition coefficient (Wildman–Crippen LogP) is 3.20. The lowest BCUT2D eigenvalue weighted by Crippen LogP contribution is -2.43. The molecule has 1 N–H and O–H groups in total. The number of nitrogens with zero attached hydrogens (tertiary/aromatic N) is 1. The molecule has 0 saturated carbocycles. The second-order valence-corrected chi connectivity index (χ2v) is 5.41. The number of nitrogens with one attached hydrogen (secondary N) is 1. The molecule has 1 unspecified atom stereocenters. The first-order chi connectivity index (χ1) is 10.5. The Morgan fingerprint density at radius 1 is 1.32 bits per heavy atom. The quantitative estimate of drug-likeness (QED) is 0.891. The fourth-order valence-electron chi connectivity index (χ4n) is 1.93. The number of urea groups is 1. The van der Waals surface area contributed by atoms with Gasteiger partial charge in [0.1, 0.15) is 18.1 Å². The second-order valence-electron chi connectivity index (χ2n) is 5.41. The number of aryl methyl sites for hydroxylation is 1. The summed E-state index contributed by atoms with van der Waals surface area (Å²) in [4.78, 5) is 13.6. The monoisotopic (exact) mass is 302 g/mol. The van der Waals surface area contributed by atoms with Gasteiger partial charge in [-0.25, -0.2) is 4.79 Å². The highest BCUT2D eigenvalue weighted by Gasteiger charge is 2.13. The first kappa shape index (κ1) is 15.9. The molecule has 1 atom stereocenters. The van der Waals surface area contributed by atoms with Gasteiger partial charge in [0.15, 0.2) is 0 Å². The number of carbonyl (C=O) groups is 1. The Labute approximate surface area is 130 Å². The minimum atomic E-state index is -0.156. The van der Waals surface area contributed by atoms with Gasteiger partial charge in [-0.1, -0.05) is 17.7 Å². The van der Waals surface area contributed by atoms with Gasteiger partial charge in [-0.05, 0) is 38.1 Å². The Morgan fingerprint density at radius 3 is 2.68 bits per heavy atom. The Hall–Kier alpha value is -2.43. The highest BCUT2D eigenvalue weighted by Crippen LogP contribution is 2.11. The third-order valence-electron chi connectivity index (χ3n) is 3.21. The summed E-state index contributed by atoms with van der Waals surface area (Å²) in [5.41, 5.74) is 1.19. The van der Waals surface area contributed by atoms with E-state index in [1.54, 1.807) is 24.3 Å². The van der Waals surface area contributed by atoms with Gasteiger partial charge in [0.2, 0.25) is 0 Å². The molecule has 0 aliphatic carbocycles. The molecule has 0 radical (unpaired) electrons. The van der Waals surface area contributed by atoms with Crippen molar-refractivity contribution >= 4 is 6.03 Å². The Morgan fingerprint density at radius 2 is 2.05 bits per heavy atom. The minimum Gasteiger partial charge on any atom is -0.491 e. The summed E-state index contributed by atoms with van der Waals surface area (Å²) >= 11 is 0. The third kappa shape index (κ3) is 4.84. The first-order valence-electron chi connectivity index (χ1n) is 7.28. The molecular formula is C17H22N2O3. The average Bonchev–Trinajstić information content (AvgIpc) is 2.99. The van der Waals surface area contributed by atoms with Crippen LogP contribution in [0.1, 0.15) is 18.2 Å². The highest BCUT2D eigenvalue weighted by atomic mass is 16.5. The van der Waals surface area contributed by atoms with Crippen LogP contribution in [-0.2, 0) is 6.54 Å². The van der Waals surface area contributed by atoms with Gasteiger partial charge in [-0.2, -0.15) is 0 Å². The smallest absolute Gasteiger partial charge is 0.317 e. The SMILES string of the molecule is Cc1ccc(OCC(C)NC(=O)N(C)Cc2ccco2)cc1. The number of benzene rings is 1. The zero-order chi connectivity index (χ0) is 15.9. The number of hydrogen-bond acceptors (Lipinski definition) is 3. The van der Waals surface area contributed by atoms with Crippen molar-refractivity contribution in [1.82, 2.24) is 10.2 Å². The van der Waals surface area contributed by atoms with Gasteiger partial charge >= 0.3 is 6.03 Å². The summed E-state index contributed by atoms with van der Waals surface area (Å²) in [5.74, 6) is 1.55. The predicted molar refractivity (Wildman–Crippen MR) is 84.8 cm³/mol. The minimum absolute atomic E-state index is 0.0899. The molecule has 0 fully saturated rings. The number of rotatable bonds is 6. The molecule has 0 aliphatic heterocycles. The van der Waals surface area contributed by atoms with Crippen LogP contribution < -0.4 is 10.1 Å². The van der Waals surface area contributed by atoms with E-state index in [2.05, 4.69) is 5.32 Å². The van der Waals surface area contributed by atoms with Crippen LogP contribution in [0.5, 0.6) is 5.75 Å². The van der Waals surface area contributed by atoms with Crippen molar-refractivity contribution < 1.29 is 13.9 Å². The van der Waals surface area contributed by atoms with Gasteiger partial charge in [-0.15, -0.1) is 0 Å². The van der Waals surface area contributed by atoms with E-state index < -0.39 is 0 Å². The van der Waals surface area contributed by atoms with Crippen LogP contribution in [-0.4, -0.2) is 30.6 Å². The molecule has 5 nitrogen and oxygen atoms in total. The number of carbonyl (C=O) groups excluding carboxylic acids is 1. The van der Waals surface area contributed by atoms with Crippen molar-refractivity contribution in [3.05, 3.63) is 54.0 Å². The number of ether oxygens (including phenoxy) is 1. The van der Waals surface area contributed by atoms with E-state index in [-0.39, 0.29) is 12.1 Å². The molecule has 0 aliphatic rings. The van der Waals surface area contributed by atoms with Gasteiger partial charge in [0.05, 0.1) is 18.8 Å². The lowest BCUT2D eigenvalue weighted by atomic mass is 10.2. The number of hydrogen-bond donors (Lipinski definition) is 1. The van der Waals surface area contributed by atoms with Crippen molar-refractivity contribution in [1.29, 1.82) is 0 Å². The van der Waals surface area contributed by atoms with E-state index in [1.807, 2.05) is 44.2 Å². The molecule has 0 bridgehead atoms. The van der Waals surface area contributed by atoms with Crippen molar-refractivity contribution in [2.75, 3.05) is 13.7 Å². The first-order valence-corrected chi connectivity index (χ1v) is 7.28. The van der Waals surface area contributed by atoms with Gasteiger partial charge in [-0.3, -0.25) is 0 Å². The van der Waals surface area contributed by atoms with Crippen LogP contribution in [0.2, 0.25) is 0 Å². The molecule has 2 rings (SSSR count). The molecule has 22 heavy (non-hydrogen) atoms. The summed E-state index contributed by atoms with van der Waals surface area (Å²) in [7, 11) is 1.73. The molecule has 1 heterocycles. The largest absolute Gasteiger partial charge is 0.491 e. The molecule has 0 saturated heterocycles. The molecule has 118 valence electrons. The van der Waals surface area contributed by atoms with Gasteiger partial charge in [0, 0.05) is 7.05 Å². The van der Waals surface area contributed by atoms with Crippen LogP contribution in [0, 0.1) is 6.92 Å². The van der Waals surface area contributed by atoms with Crippen LogP contribution in [0.4, 0.5) is 4.79 Å². The normalized spacial score (nSPS) is 11.8. The van der Waals surface area contributed by atoms with E-state index >= 15 is 0 Å². The Kier molecular flexibility index (Phi) is 5.47. The van der Waals surface area contributed by atoms with E-state index in [9.17, 15) is 4.79 Å². The molecule has 2 aromatic rings. The van der Waals surface area contributed by atoms with E-state index in [4.69, 9.17) is 9.15 Å². The summed E-state index contributed by atoms with van der Waals surface area (Å²) in [6.07, 6.45) is 1.60. The van der Waals surface area contributed by atoms with Gasteiger partial charge < -0.3 is 19.4 Å². The van der Waals surface area contributed by atoms with Crippen LogP contribution in [0.15, 0.2) is 47.1 Å². The Bertz CT molecular complexity index is 578. The maximum atomic E-state index is 12.1. The van der Waals surface area contributed by atoms with Gasteiger partial charge in [0.25, 0.3) is 0 Å². The standard InChI is InChI=1S/C17H22N2O3/c1-13-6-8-15(9-7-13)22-12-14(2)18-17(20)19(3)11-16-5-4-10-21-16/h4-10,14H,11-12H2,1-3H3,(H,18,20). The molecule has 5 heteroatoms. The third-order valence-corrected chi connectivity index (χ3v) is 3.21. The molecule has 2 amide bonds. The van der Waals surface area contributed by atoms with Crippen LogP contribution in [0.25, 0.3) is 0 Å². The summed E-state index contributed by atoms with van der Waals surface area (Å²) in [5, 5.41) is 2.89. The summed E-state index contributed by atoms with van der Waals surface area (Å²) in [6, 6.07) is 11.2. The number of amides is 2. The van der Waals surface area contributed by atoms with Crippen LogP contribution in [0.3, 0.4) is 0 Å². The van der Waals surface area contributed by atoms with Crippen LogP contribution >= 0.6 is 0 Å². The van der Waals surface area contributed by atoms with E-state index in [0.29, 0.717) is 13.2 Å². The lowest BCUT2D eigenvalue weighted by molar-refractivity contribution is 0.192. The average molecular weight is 302 g/mol. The van der Waals surface area contributed by atoms with E-state index in [0.717, 1.165) is 11.5 Å². The number of furan rings is 1. The summed E-state index contributed by atoms with van der Waals surface area (Å²) < 4.78 is 10.9. The summed E-state index contributed by atoms with van der Waals surface area (Å²) in [6.45, 7) is 4.79. The topological polar surface area (TPSA) is 54.7 Å². The zero-order valence-electron chi connectivity index (χ0n) is 13.2. The Balaban J connectivity index is 1.74. The molecule has 1 aromatic carbocycles.